The number of hydrogen-bond acceptors (Lipinski definition) is 3. The normalized spacial score (nSPS) is 12.3. The van der Waals surface area contributed by atoms with Gasteiger partial charge in [0, 0.05) is 6.20 Å². The fourth-order valence-electron chi connectivity index (χ4n) is 1.35. The smallest absolute Gasteiger partial charge is 0.396 e. The van der Waals surface area contributed by atoms with Gasteiger partial charge in [0.25, 0.3) is 0 Å². The van der Waals surface area contributed by atoms with Crippen LogP contribution in [0.4, 0.5) is 18.9 Å². The highest BCUT2D eigenvalue weighted by atomic mass is 19.4. The molecule has 0 amide bonds. The average Bonchev–Trinajstić information content (AvgIpc) is 2.45. The van der Waals surface area contributed by atoms with E-state index in [1.54, 1.807) is 13.0 Å². The monoisotopic (exact) mass is 216 g/mol. The first-order valence-electron chi connectivity index (χ1n) is 4.07. The number of pyridine rings is 1. The molecule has 0 aliphatic rings. The van der Waals surface area contributed by atoms with Gasteiger partial charge in [0.05, 0.1) is 5.69 Å². The topological polar surface area (TPSA) is 56.2 Å². The Labute approximate surface area is 82.5 Å². The SMILES string of the molecule is Cc1cc(N)c2nnc(C(F)(F)F)n2c1. The lowest BCUT2D eigenvalue weighted by Gasteiger charge is -2.05. The molecule has 4 nitrogen and oxygen atoms in total. The molecule has 0 radical (unpaired) electrons. The summed E-state index contributed by atoms with van der Waals surface area (Å²) in [5.74, 6) is -1.06. The Morgan fingerprint density at radius 2 is 2.00 bits per heavy atom. The summed E-state index contributed by atoms with van der Waals surface area (Å²) in [4.78, 5) is 0. The van der Waals surface area contributed by atoms with Crippen molar-refractivity contribution in [2.24, 2.45) is 0 Å². The maximum Gasteiger partial charge on any atom is 0.452 e. The van der Waals surface area contributed by atoms with Gasteiger partial charge >= 0.3 is 6.18 Å². The molecule has 15 heavy (non-hydrogen) atoms. The van der Waals surface area contributed by atoms with Gasteiger partial charge in [0.15, 0.2) is 5.65 Å². The van der Waals surface area contributed by atoms with Gasteiger partial charge in [0.1, 0.15) is 0 Å². The summed E-state index contributed by atoms with van der Waals surface area (Å²) in [5, 5.41) is 6.47. The molecule has 7 heteroatoms. The highest BCUT2D eigenvalue weighted by Gasteiger charge is 2.37. The van der Waals surface area contributed by atoms with E-state index in [-0.39, 0.29) is 11.3 Å². The molecule has 2 heterocycles. The van der Waals surface area contributed by atoms with Crippen molar-refractivity contribution in [3.05, 3.63) is 23.7 Å². The molecule has 0 saturated heterocycles. The van der Waals surface area contributed by atoms with Crippen LogP contribution < -0.4 is 5.73 Å². The van der Waals surface area contributed by atoms with Crippen molar-refractivity contribution in [3.8, 4) is 0 Å². The first kappa shape index (κ1) is 9.75. The Hall–Kier alpha value is -1.79. The van der Waals surface area contributed by atoms with E-state index in [0.29, 0.717) is 5.56 Å². The van der Waals surface area contributed by atoms with E-state index in [2.05, 4.69) is 10.2 Å². The number of aryl methyl sites for hydroxylation is 1. The second kappa shape index (κ2) is 2.85. The fourth-order valence-corrected chi connectivity index (χ4v) is 1.35. The summed E-state index contributed by atoms with van der Waals surface area (Å²) in [7, 11) is 0. The summed E-state index contributed by atoms with van der Waals surface area (Å²) in [6, 6.07) is 1.55. The van der Waals surface area contributed by atoms with Crippen LogP contribution in [0.15, 0.2) is 12.3 Å². The molecule has 0 atom stereocenters. The number of anilines is 1. The van der Waals surface area contributed by atoms with E-state index in [1.807, 2.05) is 0 Å². The van der Waals surface area contributed by atoms with Crippen molar-refractivity contribution in [1.82, 2.24) is 14.6 Å². The molecular weight excluding hydrogens is 209 g/mol. The van der Waals surface area contributed by atoms with Gasteiger partial charge in [-0.3, -0.25) is 4.40 Å². The Kier molecular flexibility index (Phi) is 1.85. The molecule has 2 aromatic rings. The summed E-state index contributed by atoms with van der Waals surface area (Å²) >= 11 is 0. The summed E-state index contributed by atoms with van der Waals surface area (Å²) < 4.78 is 38.2. The third-order valence-corrected chi connectivity index (χ3v) is 1.92. The third-order valence-electron chi connectivity index (χ3n) is 1.92. The molecule has 0 bridgehead atoms. The standard InChI is InChI=1S/C8H7F3N4/c1-4-2-5(12)6-13-14-7(8(9,10)11)15(6)3-4/h2-3H,12H2,1H3. The van der Waals surface area contributed by atoms with E-state index in [4.69, 9.17) is 5.73 Å². The molecular formula is C8H7F3N4. The van der Waals surface area contributed by atoms with Crippen LogP contribution in [0.3, 0.4) is 0 Å². The van der Waals surface area contributed by atoms with Gasteiger partial charge in [-0.05, 0) is 18.6 Å². The van der Waals surface area contributed by atoms with E-state index in [1.165, 1.54) is 6.20 Å². The van der Waals surface area contributed by atoms with Crippen LogP contribution >= 0.6 is 0 Å². The van der Waals surface area contributed by atoms with Crippen molar-refractivity contribution in [3.63, 3.8) is 0 Å². The summed E-state index contributed by atoms with van der Waals surface area (Å²) in [6.45, 7) is 1.65. The molecule has 0 aliphatic heterocycles. The number of nitrogens with zero attached hydrogens (tertiary/aromatic N) is 3. The minimum Gasteiger partial charge on any atom is -0.396 e. The zero-order valence-electron chi connectivity index (χ0n) is 7.71. The Balaban J connectivity index is 2.80. The van der Waals surface area contributed by atoms with E-state index < -0.39 is 12.0 Å². The van der Waals surface area contributed by atoms with Crippen LogP contribution in [-0.2, 0) is 6.18 Å². The molecule has 80 valence electrons. The van der Waals surface area contributed by atoms with E-state index in [0.717, 1.165) is 4.40 Å². The van der Waals surface area contributed by atoms with Crippen LogP contribution in [-0.4, -0.2) is 14.6 Å². The minimum absolute atomic E-state index is 0.0212. The lowest BCUT2D eigenvalue weighted by Crippen LogP contribution is -2.11. The third kappa shape index (κ3) is 1.49. The quantitative estimate of drug-likeness (QED) is 0.728. The van der Waals surface area contributed by atoms with Crippen LogP contribution in [0.2, 0.25) is 0 Å². The van der Waals surface area contributed by atoms with Crippen LogP contribution in [0, 0.1) is 6.92 Å². The predicted octanol–water partition coefficient (Wildman–Crippen LogP) is 1.64. The molecule has 0 fully saturated rings. The van der Waals surface area contributed by atoms with Crippen LogP contribution in [0.1, 0.15) is 11.4 Å². The van der Waals surface area contributed by atoms with Gasteiger partial charge in [-0.2, -0.15) is 13.2 Å². The molecule has 2 N–H and O–H groups in total. The maximum absolute atomic E-state index is 12.5. The van der Waals surface area contributed by atoms with E-state index >= 15 is 0 Å². The minimum atomic E-state index is -4.53. The zero-order valence-corrected chi connectivity index (χ0v) is 7.71. The molecule has 0 saturated carbocycles. The Bertz CT molecular complexity index is 514. The number of hydrogen-bond donors (Lipinski definition) is 1. The number of alkyl halides is 3. The van der Waals surface area contributed by atoms with E-state index in [9.17, 15) is 13.2 Å². The lowest BCUT2D eigenvalue weighted by atomic mass is 10.3. The maximum atomic E-state index is 12.5. The largest absolute Gasteiger partial charge is 0.452 e. The molecule has 0 aromatic carbocycles. The van der Waals surface area contributed by atoms with Crippen LogP contribution in [0.25, 0.3) is 5.65 Å². The predicted molar refractivity (Wildman–Crippen MR) is 47.1 cm³/mol. The van der Waals surface area contributed by atoms with Gasteiger partial charge in [-0.1, -0.05) is 0 Å². The van der Waals surface area contributed by atoms with Gasteiger partial charge in [0.2, 0.25) is 5.82 Å². The second-order valence-electron chi connectivity index (χ2n) is 3.19. The highest BCUT2D eigenvalue weighted by molar-refractivity contribution is 5.65. The molecule has 2 aromatic heterocycles. The number of nitrogen functional groups attached to an aromatic ring is 1. The lowest BCUT2D eigenvalue weighted by molar-refractivity contribution is -0.145. The van der Waals surface area contributed by atoms with Crippen molar-refractivity contribution >= 4 is 11.3 Å². The fraction of sp³-hybridized carbons (Fsp3) is 0.250. The van der Waals surface area contributed by atoms with Crippen molar-refractivity contribution < 1.29 is 13.2 Å². The summed E-state index contributed by atoms with van der Waals surface area (Å²) in [6.07, 6.45) is -3.23. The zero-order chi connectivity index (χ0) is 11.2. The number of halogens is 3. The van der Waals surface area contributed by atoms with Crippen molar-refractivity contribution in [2.45, 2.75) is 13.1 Å². The van der Waals surface area contributed by atoms with Crippen molar-refractivity contribution in [2.75, 3.05) is 5.73 Å². The van der Waals surface area contributed by atoms with Crippen molar-refractivity contribution in [1.29, 1.82) is 0 Å². The van der Waals surface area contributed by atoms with Crippen LogP contribution in [0.5, 0.6) is 0 Å². The molecule has 2 rings (SSSR count). The van der Waals surface area contributed by atoms with Gasteiger partial charge in [-0.15, -0.1) is 10.2 Å². The number of aromatic nitrogens is 3. The second-order valence-corrected chi connectivity index (χ2v) is 3.19. The highest BCUT2D eigenvalue weighted by Crippen LogP contribution is 2.29. The Morgan fingerprint density at radius 1 is 1.33 bits per heavy atom. The molecule has 0 unspecified atom stereocenters. The number of nitrogens with two attached hydrogens (primary N) is 1. The average molecular weight is 216 g/mol. The number of fused-ring (bicyclic) bond motifs is 1. The van der Waals surface area contributed by atoms with Gasteiger partial charge in [-0.25, -0.2) is 0 Å². The first-order valence-corrected chi connectivity index (χ1v) is 4.07. The van der Waals surface area contributed by atoms with Gasteiger partial charge < -0.3 is 5.73 Å². The number of rotatable bonds is 0. The Morgan fingerprint density at radius 3 is 2.60 bits per heavy atom. The molecule has 0 aliphatic carbocycles. The summed E-state index contributed by atoms with van der Waals surface area (Å²) in [5.41, 5.74) is 6.34. The molecule has 0 spiro atoms. The first-order chi connectivity index (χ1) is 6.89.